The number of aliphatic hydroxyl groups is 2. The lowest BCUT2D eigenvalue weighted by atomic mass is 9.83. The summed E-state index contributed by atoms with van der Waals surface area (Å²) in [6, 6.07) is 4.97. The third-order valence-electron chi connectivity index (χ3n) is 6.56. The van der Waals surface area contributed by atoms with Crippen LogP contribution in [0.25, 0.3) is 5.57 Å². The first-order valence-electron chi connectivity index (χ1n) is 12.5. The Morgan fingerprint density at radius 3 is 2.49 bits per heavy atom. The number of halogens is 1. The van der Waals surface area contributed by atoms with Crippen molar-refractivity contribution < 1.29 is 33.7 Å². The Hall–Kier alpha value is -2.45. The first kappa shape index (κ1) is 27.1. The number of hydrogen-bond donors (Lipinski definition) is 2. The summed E-state index contributed by atoms with van der Waals surface area (Å²) in [7, 11) is 0. The third-order valence-corrected chi connectivity index (χ3v) is 6.56. The molecule has 2 N–H and O–H groups in total. The Balaban J connectivity index is 1.47. The van der Waals surface area contributed by atoms with Crippen LogP contribution in [0.5, 0.6) is 5.75 Å². The number of amides is 1. The van der Waals surface area contributed by atoms with Gasteiger partial charge in [-0.1, -0.05) is 12.1 Å². The second kappa shape index (κ2) is 12.0. The number of allylic oxidation sites excluding steroid dienone is 2. The van der Waals surface area contributed by atoms with E-state index in [9.17, 15) is 19.1 Å². The van der Waals surface area contributed by atoms with Gasteiger partial charge in [0.25, 0.3) is 0 Å². The molecule has 1 aromatic carbocycles. The number of carbonyl (C=O) groups excluding carboxylic acids is 2. The average molecular weight is 492 g/mol. The minimum atomic E-state index is -1.01. The molecule has 0 radical (unpaired) electrons. The molecule has 1 aromatic rings. The predicted octanol–water partition coefficient (Wildman–Crippen LogP) is 4.35. The molecule has 1 saturated heterocycles. The highest BCUT2D eigenvalue weighted by Crippen LogP contribution is 2.33. The number of benzene rings is 1. The van der Waals surface area contributed by atoms with Crippen LogP contribution in [-0.2, 0) is 9.53 Å². The normalized spacial score (nSPS) is 20.2. The van der Waals surface area contributed by atoms with Crippen molar-refractivity contribution in [1.82, 2.24) is 4.90 Å². The van der Waals surface area contributed by atoms with Gasteiger partial charge in [-0.3, -0.25) is 4.79 Å². The monoisotopic (exact) mass is 491 g/mol. The van der Waals surface area contributed by atoms with Gasteiger partial charge < -0.3 is 24.6 Å². The zero-order valence-corrected chi connectivity index (χ0v) is 21.0. The first-order chi connectivity index (χ1) is 16.6. The van der Waals surface area contributed by atoms with E-state index in [1.165, 1.54) is 6.07 Å². The fourth-order valence-corrected chi connectivity index (χ4v) is 4.49. The molecule has 2 aliphatic rings. The maximum Gasteiger partial charge on any atom is 0.410 e. The number of hydrogen-bond acceptors (Lipinski definition) is 6. The molecule has 3 rings (SSSR count). The highest BCUT2D eigenvalue weighted by Gasteiger charge is 2.28. The minimum Gasteiger partial charge on any atom is -0.490 e. The molecule has 194 valence electrons. The highest BCUT2D eigenvalue weighted by molar-refractivity contribution is 5.83. The van der Waals surface area contributed by atoms with Crippen LogP contribution in [0.2, 0.25) is 0 Å². The Bertz CT molecular complexity index is 917. The number of Topliss-reactive ketones (excluding diaryl/α,β-unsaturated/α-hetero) is 1. The van der Waals surface area contributed by atoms with Crippen LogP contribution >= 0.6 is 0 Å². The Labute approximate surface area is 206 Å². The summed E-state index contributed by atoms with van der Waals surface area (Å²) in [5, 5.41) is 18.4. The van der Waals surface area contributed by atoms with Gasteiger partial charge in [-0.25, -0.2) is 9.18 Å². The van der Waals surface area contributed by atoms with E-state index < -0.39 is 24.1 Å². The van der Waals surface area contributed by atoms with Crippen LogP contribution in [0.15, 0.2) is 24.3 Å². The lowest BCUT2D eigenvalue weighted by Crippen LogP contribution is -2.42. The van der Waals surface area contributed by atoms with Gasteiger partial charge in [-0.2, -0.15) is 0 Å². The van der Waals surface area contributed by atoms with Crippen molar-refractivity contribution in [3.05, 3.63) is 35.7 Å². The zero-order chi connectivity index (χ0) is 25.6. The lowest BCUT2D eigenvalue weighted by molar-refractivity contribution is -0.125. The number of piperidine rings is 1. The largest absolute Gasteiger partial charge is 0.490 e. The van der Waals surface area contributed by atoms with E-state index in [-0.39, 0.29) is 35.9 Å². The molecule has 1 aliphatic carbocycles. The molecule has 8 heteroatoms. The molecule has 2 unspecified atom stereocenters. The summed E-state index contributed by atoms with van der Waals surface area (Å²) in [6.45, 7) is 6.72. The van der Waals surface area contributed by atoms with Gasteiger partial charge in [-0.05, 0) is 82.1 Å². The number of rotatable bonds is 8. The molecule has 1 heterocycles. The first-order valence-corrected chi connectivity index (χ1v) is 12.5. The molecule has 0 saturated carbocycles. The quantitative estimate of drug-likeness (QED) is 0.561. The van der Waals surface area contributed by atoms with Gasteiger partial charge in [0.15, 0.2) is 11.6 Å². The topological polar surface area (TPSA) is 96.3 Å². The maximum absolute atomic E-state index is 14.7. The molecule has 0 aromatic heterocycles. The number of carbonyl (C=O) groups is 2. The van der Waals surface area contributed by atoms with E-state index in [4.69, 9.17) is 14.6 Å². The van der Waals surface area contributed by atoms with Gasteiger partial charge in [-0.15, -0.1) is 0 Å². The molecule has 1 fully saturated rings. The summed E-state index contributed by atoms with van der Waals surface area (Å²) in [6.07, 6.45) is 4.03. The van der Waals surface area contributed by atoms with Crippen molar-refractivity contribution in [2.75, 3.05) is 26.3 Å². The zero-order valence-electron chi connectivity index (χ0n) is 21.0. The second-order valence-electron chi connectivity index (χ2n) is 10.6. The lowest BCUT2D eigenvalue weighted by Gasteiger charge is -2.33. The minimum absolute atomic E-state index is 0.0367. The van der Waals surface area contributed by atoms with Crippen molar-refractivity contribution in [2.45, 2.75) is 71.0 Å². The second-order valence-corrected chi connectivity index (χ2v) is 10.6. The summed E-state index contributed by atoms with van der Waals surface area (Å²) in [5.74, 6) is -0.180. The van der Waals surface area contributed by atoms with Gasteiger partial charge in [0.2, 0.25) is 0 Å². The fraction of sp³-hybridized carbons (Fsp3) is 0.630. The molecular formula is C27H38FNO6. The molecule has 0 spiro atoms. The number of aliphatic hydroxyl groups excluding tert-OH is 2. The van der Waals surface area contributed by atoms with Gasteiger partial charge in [0.1, 0.15) is 11.4 Å². The molecular weight excluding hydrogens is 453 g/mol. The van der Waals surface area contributed by atoms with Crippen LogP contribution in [0.3, 0.4) is 0 Å². The van der Waals surface area contributed by atoms with E-state index in [1.54, 1.807) is 11.0 Å². The Morgan fingerprint density at radius 2 is 1.91 bits per heavy atom. The maximum atomic E-state index is 14.7. The molecule has 7 nitrogen and oxygen atoms in total. The summed E-state index contributed by atoms with van der Waals surface area (Å²) < 4.78 is 25.9. The average Bonchev–Trinajstić information content (AvgIpc) is 2.82. The summed E-state index contributed by atoms with van der Waals surface area (Å²) in [5.41, 5.74) is 1.26. The van der Waals surface area contributed by atoms with Crippen molar-refractivity contribution >= 4 is 17.4 Å². The predicted molar refractivity (Wildman–Crippen MR) is 130 cm³/mol. The summed E-state index contributed by atoms with van der Waals surface area (Å²) >= 11 is 0. The van der Waals surface area contributed by atoms with Crippen molar-refractivity contribution in [3.63, 3.8) is 0 Å². The Morgan fingerprint density at radius 1 is 1.20 bits per heavy atom. The van der Waals surface area contributed by atoms with Crippen molar-refractivity contribution in [3.8, 4) is 5.75 Å². The van der Waals surface area contributed by atoms with E-state index >= 15 is 0 Å². The standard InChI is InChI=1S/C27H38FNO6/c1-27(2,3)35-26(33)29-12-10-18(11-13-29)17-34-25-9-8-21(14-23(25)28)19-4-6-20(7-5-19)24(32)15-22(31)16-30/h4,8-9,14,18,20,22,30-31H,5-7,10-13,15-17H2,1-3H3. The molecule has 0 bridgehead atoms. The van der Waals surface area contributed by atoms with Crippen molar-refractivity contribution in [1.29, 1.82) is 0 Å². The number of ether oxygens (including phenoxy) is 2. The number of likely N-dealkylation sites (tertiary alicyclic amines) is 1. The van der Waals surface area contributed by atoms with Gasteiger partial charge in [0.05, 0.1) is 19.3 Å². The van der Waals surface area contributed by atoms with Gasteiger partial charge in [0, 0.05) is 25.4 Å². The summed E-state index contributed by atoms with van der Waals surface area (Å²) in [4.78, 5) is 26.1. The SMILES string of the molecule is CC(C)(C)OC(=O)N1CCC(COc2ccc(C3=CCC(C(=O)CC(O)CO)CC3)cc2F)CC1. The molecule has 1 aliphatic heterocycles. The fourth-order valence-electron chi connectivity index (χ4n) is 4.49. The number of nitrogens with zero attached hydrogens (tertiary/aromatic N) is 1. The van der Waals surface area contributed by atoms with E-state index in [1.807, 2.05) is 32.9 Å². The van der Waals surface area contributed by atoms with E-state index in [0.29, 0.717) is 39.0 Å². The third kappa shape index (κ3) is 8.04. The van der Waals surface area contributed by atoms with E-state index in [0.717, 1.165) is 24.0 Å². The van der Waals surface area contributed by atoms with Crippen molar-refractivity contribution in [2.24, 2.45) is 11.8 Å². The van der Waals surface area contributed by atoms with Crippen LogP contribution in [-0.4, -0.2) is 65.0 Å². The van der Waals surface area contributed by atoms with Crippen LogP contribution in [0.4, 0.5) is 9.18 Å². The molecule has 35 heavy (non-hydrogen) atoms. The molecule has 1 amide bonds. The molecule has 2 atom stereocenters. The van der Waals surface area contributed by atoms with Crippen LogP contribution in [0.1, 0.15) is 64.9 Å². The Kier molecular flexibility index (Phi) is 9.30. The highest BCUT2D eigenvalue weighted by atomic mass is 19.1. The number of ketones is 1. The van der Waals surface area contributed by atoms with Crippen LogP contribution in [0, 0.1) is 17.7 Å². The van der Waals surface area contributed by atoms with Crippen LogP contribution < -0.4 is 4.74 Å². The van der Waals surface area contributed by atoms with E-state index in [2.05, 4.69) is 0 Å². The van der Waals surface area contributed by atoms with Gasteiger partial charge >= 0.3 is 6.09 Å². The smallest absolute Gasteiger partial charge is 0.410 e.